The van der Waals surface area contributed by atoms with E-state index in [1.54, 1.807) is 13.0 Å². The molecule has 0 saturated carbocycles. The average molecular weight is 357 g/mol. The summed E-state index contributed by atoms with van der Waals surface area (Å²) in [5, 5.41) is 26.2. The molecule has 0 aliphatic carbocycles. The Bertz CT molecular complexity index is 953. The Morgan fingerprint density at radius 2 is 2.00 bits per heavy atom. The minimum absolute atomic E-state index is 0.100. The van der Waals surface area contributed by atoms with Gasteiger partial charge in [0.05, 0.1) is 4.92 Å². The Balaban J connectivity index is 1.83. The zero-order valence-electron chi connectivity index (χ0n) is 13.4. The predicted molar refractivity (Wildman–Crippen MR) is 94.7 cm³/mol. The minimum atomic E-state index is -0.539. The Kier molecular flexibility index (Phi) is 4.62. The third-order valence-corrected chi connectivity index (χ3v) is 4.90. The van der Waals surface area contributed by atoms with Crippen molar-refractivity contribution < 1.29 is 14.4 Å². The molecule has 8 heteroatoms. The lowest BCUT2D eigenvalue weighted by Crippen LogP contribution is -2.37. The van der Waals surface area contributed by atoms with Crippen LogP contribution in [0, 0.1) is 22.2 Å². The van der Waals surface area contributed by atoms with Crippen LogP contribution in [0.2, 0.25) is 0 Å². The van der Waals surface area contributed by atoms with Crippen LogP contribution in [0.5, 0.6) is 0 Å². The number of nitro groups is 1. The molecule has 0 spiro atoms. The number of hydrogen-bond donors (Lipinski definition) is 1. The second kappa shape index (κ2) is 6.86. The van der Waals surface area contributed by atoms with Gasteiger partial charge < -0.3 is 10.5 Å². The monoisotopic (exact) mass is 357 g/mol. The van der Waals surface area contributed by atoms with Crippen LogP contribution in [0.25, 0.3) is 10.2 Å². The minimum Gasteiger partial charge on any atom is -0.617 e. The van der Waals surface area contributed by atoms with E-state index in [1.165, 1.54) is 6.07 Å². The highest BCUT2D eigenvalue weighted by Gasteiger charge is 2.28. The van der Waals surface area contributed by atoms with Gasteiger partial charge in [-0.2, -0.15) is 0 Å². The Morgan fingerprint density at radius 3 is 2.68 bits per heavy atom. The van der Waals surface area contributed by atoms with Crippen LogP contribution in [-0.4, -0.2) is 17.4 Å². The maximum atomic E-state index is 12.4. The first kappa shape index (κ1) is 16.8. The lowest BCUT2D eigenvalue weighted by atomic mass is 10.1. The van der Waals surface area contributed by atoms with Crippen molar-refractivity contribution in [1.29, 1.82) is 0 Å². The number of nitro benzene ring substituents is 1. The molecule has 0 saturated heterocycles. The van der Waals surface area contributed by atoms with Crippen molar-refractivity contribution in [1.82, 2.24) is 5.32 Å². The third kappa shape index (κ3) is 3.43. The van der Waals surface area contributed by atoms with Crippen LogP contribution in [0.1, 0.15) is 20.9 Å². The molecule has 128 valence electrons. The van der Waals surface area contributed by atoms with Crippen LogP contribution >= 0.6 is 11.3 Å². The van der Waals surface area contributed by atoms with Crippen molar-refractivity contribution in [3.8, 4) is 0 Å². The van der Waals surface area contributed by atoms with Gasteiger partial charge in [-0.15, -0.1) is 4.73 Å². The van der Waals surface area contributed by atoms with Gasteiger partial charge in [-0.3, -0.25) is 14.9 Å². The quantitative estimate of drug-likeness (QED) is 0.328. The van der Waals surface area contributed by atoms with Gasteiger partial charge in [-0.1, -0.05) is 30.3 Å². The smallest absolute Gasteiger partial charge is 0.340 e. The number of hydrogen-bond acceptors (Lipinski definition) is 5. The molecule has 0 fully saturated rings. The average Bonchev–Trinajstić information content (AvgIpc) is 2.92. The maximum absolute atomic E-state index is 12.4. The van der Waals surface area contributed by atoms with Gasteiger partial charge in [0.2, 0.25) is 5.52 Å². The molecule has 1 aromatic heterocycles. The summed E-state index contributed by atoms with van der Waals surface area (Å²) in [6, 6.07) is 12.6. The fourth-order valence-electron chi connectivity index (χ4n) is 2.55. The van der Waals surface area contributed by atoms with Crippen LogP contribution in [0.15, 0.2) is 42.5 Å². The summed E-state index contributed by atoms with van der Waals surface area (Å²) in [4.78, 5) is 22.9. The number of rotatable bonds is 5. The highest BCUT2D eigenvalue weighted by Crippen LogP contribution is 2.31. The molecule has 2 aromatic carbocycles. The fraction of sp³-hybridized carbons (Fsp3) is 0.176. The number of amides is 1. The standard InChI is InChI=1S/C17H15N3O4S/c1-11-9-13-15(14(10-11)20(23)24)25-17(19(13)22)16(21)18-8-7-12-5-3-2-4-6-12/h2-6,9-10H,7-8H2,1H3,(H,18,21). The third-order valence-electron chi connectivity index (χ3n) is 3.73. The van der Waals surface area contributed by atoms with E-state index >= 15 is 0 Å². The Labute approximate surface area is 147 Å². The predicted octanol–water partition coefficient (Wildman–Crippen LogP) is 2.72. The van der Waals surface area contributed by atoms with Gasteiger partial charge in [0.15, 0.2) is 4.70 Å². The first-order valence-corrected chi connectivity index (χ1v) is 8.42. The summed E-state index contributed by atoms with van der Waals surface area (Å²) in [5.74, 6) is -0.529. The highest BCUT2D eigenvalue weighted by atomic mass is 32.1. The number of carbonyl (C=O) groups excluding carboxylic acids is 1. The van der Waals surface area contributed by atoms with Gasteiger partial charge >= 0.3 is 10.9 Å². The van der Waals surface area contributed by atoms with Crippen molar-refractivity contribution >= 4 is 33.1 Å². The van der Waals surface area contributed by atoms with Crippen LogP contribution in [0.4, 0.5) is 5.69 Å². The lowest BCUT2D eigenvalue weighted by molar-refractivity contribution is -0.574. The molecule has 0 atom stereocenters. The van der Waals surface area contributed by atoms with E-state index in [9.17, 15) is 20.1 Å². The second-order valence-corrected chi connectivity index (χ2v) is 6.58. The molecule has 7 nitrogen and oxygen atoms in total. The second-order valence-electron chi connectivity index (χ2n) is 5.58. The van der Waals surface area contributed by atoms with Crippen molar-refractivity contribution in [3.63, 3.8) is 0 Å². The van der Waals surface area contributed by atoms with E-state index in [0.717, 1.165) is 16.9 Å². The summed E-state index contributed by atoms with van der Waals surface area (Å²) in [5.41, 5.74) is 1.65. The van der Waals surface area contributed by atoms with Crippen molar-refractivity contribution in [2.24, 2.45) is 0 Å². The lowest BCUT2D eigenvalue weighted by Gasteiger charge is -2.03. The number of carbonyl (C=O) groups is 1. The van der Waals surface area contributed by atoms with Crippen LogP contribution < -0.4 is 10.0 Å². The molecule has 0 bridgehead atoms. The summed E-state index contributed by atoms with van der Waals surface area (Å²) in [6.07, 6.45) is 0.635. The van der Waals surface area contributed by atoms with Crippen LogP contribution in [0.3, 0.4) is 0 Å². The number of aromatic nitrogens is 1. The number of nitrogens with zero attached hydrogens (tertiary/aromatic N) is 2. The first-order chi connectivity index (χ1) is 12.0. The SMILES string of the molecule is Cc1cc([N+](=O)[O-])c2sc(C(=O)NCCc3ccccc3)[n+]([O-])c2c1. The number of non-ortho nitro benzene ring substituents is 1. The van der Waals surface area contributed by atoms with E-state index in [4.69, 9.17) is 0 Å². The van der Waals surface area contributed by atoms with Gasteiger partial charge in [0, 0.05) is 18.7 Å². The summed E-state index contributed by atoms with van der Waals surface area (Å²) in [6.45, 7) is 2.04. The van der Waals surface area contributed by atoms with Gasteiger partial charge in [-0.25, -0.2) is 0 Å². The largest absolute Gasteiger partial charge is 0.617 e. The molecule has 1 amide bonds. The highest BCUT2D eigenvalue weighted by molar-refractivity contribution is 7.20. The molecule has 3 aromatic rings. The van der Waals surface area contributed by atoms with E-state index in [0.29, 0.717) is 23.3 Å². The normalized spacial score (nSPS) is 10.8. The molecule has 0 radical (unpaired) electrons. The van der Waals surface area contributed by atoms with Gasteiger partial charge in [0.25, 0.3) is 5.69 Å². The van der Waals surface area contributed by atoms with Gasteiger partial charge in [-0.05, 0) is 35.8 Å². The Hall–Kier alpha value is -3.00. The topological polar surface area (TPSA) is 99.2 Å². The molecule has 25 heavy (non-hydrogen) atoms. The molecule has 0 unspecified atom stereocenters. The summed E-state index contributed by atoms with van der Waals surface area (Å²) in [7, 11) is 0. The summed E-state index contributed by atoms with van der Waals surface area (Å²) < 4.78 is 0.677. The van der Waals surface area contributed by atoms with Crippen molar-refractivity contribution in [3.05, 3.63) is 73.9 Å². The van der Waals surface area contributed by atoms with E-state index < -0.39 is 10.8 Å². The Morgan fingerprint density at radius 1 is 1.28 bits per heavy atom. The molecular formula is C17H15N3O4S. The van der Waals surface area contributed by atoms with E-state index in [1.807, 2.05) is 30.3 Å². The zero-order valence-corrected chi connectivity index (χ0v) is 14.2. The van der Waals surface area contributed by atoms with E-state index in [-0.39, 0.29) is 20.9 Å². The molecule has 0 aliphatic rings. The number of nitrogens with one attached hydrogen (secondary N) is 1. The molecular weight excluding hydrogens is 342 g/mol. The number of aryl methyl sites for hydroxylation is 1. The maximum Gasteiger partial charge on any atom is 0.340 e. The van der Waals surface area contributed by atoms with Crippen molar-refractivity contribution in [2.75, 3.05) is 6.54 Å². The molecule has 3 rings (SSSR count). The van der Waals surface area contributed by atoms with Crippen molar-refractivity contribution in [2.45, 2.75) is 13.3 Å². The van der Waals surface area contributed by atoms with Gasteiger partial charge in [0.1, 0.15) is 0 Å². The fourth-order valence-corrected chi connectivity index (χ4v) is 3.58. The molecule has 1 N–H and O–H groups in total. The van der Waals surface area contributed by atoms with E-state index in [2.05, 4.69) is 5.32 Å². The van der Waals surface area contributed by atoms with Crippen LogP contribution in [-0.2, 0) is 6.42 Å². The number of fused-ring (bicyclic) bond motifs is 1. The zero-order chi connectivity index (χ0) is 18.0. The first-order valence-electron chi connectivity index (χ1n) is 7.60. The molecule has 1 heterocycles. The number of thiazole rings is 1. The summed E-state index contributed by atoms with van der Waals surface area (Å²) >= 11 is 0.839. The number of benzene rings is 2. The molecule has 0 aliphatic heterocycles.